The summed E-state index contributed by atoms with van der Waals surface area (Å²) in [4.78, 5) is 0. The van der Waals surface area contributed by atoms with Crippen LogP contribution in [0.1, 0.15) is 11.1 Å². The average Bonchev–Trinajstić information content (AvgIpc) is 2.55. The van der Waals surface area contributed by atoms with Gasteiger partial charge in [0.2, 0.25) is 6.17 Å². The molecule has 0 heterocycles. The molecule has 1 aliphatic carbocycles. The van der Waals surface area contributed by atoms with Crippen LogP contribution >= 0.6 is 0 Å². The summed E-state index contributed by atoms with van der Waals surface area (Å²) in [6, 6.07) is 0. The van der Waals surface area contributed by atoms with Gasteiger partial charge in [0.15, 0.2) is 34.9 Å². The van der Waals surface area contributed by atoms with Crippen LogP contribution in [0, 0.1) is 34.9 Å². The van der Waals surface area contributed by atoms with Crippen LogP contribution in [-0.4, -0.2) is 16.4 Å². The van der Waals surface area contributed by atoms with Gasteiger partial charge >= 0.3 is 0 Å². The summed E-state index contributed by atoms with van der Waals surface area (Å²) in [5.74, 6) is -24.1. The molecule has 11 heteroatoms. The minimum atomic E-state index is -4.65. The van der Waals surface area contributed by atoms with Gasteiger partial charge in [0, 0.05) is 0 Å². The van der Waals surface area contributed by atoms with Gasteiger partial charge in [-0.25, -0.2) is 39.5 Å². The monoisotopic (exact) mass is 374 g/mol. The molecule has 0 saturated carbocycles. The Morgan fingerprint density at radius 2 is 1.16 bits per heavy atom. The van der Waals surface area contributed by atoms with E-state index in [2.05, 4.69) is 0 Å². The molecule has 0 spiro atoms. The summed E-state index contributed by atoms with van der Waals surface area (Å²) >= 11 is 0. The fourth-order valence-corrected chi connectivity index (χ4v) is 2.60. The Bertz CT molecular complexity index is 981. The van der Waals surface area contributed by atoms with E-state index < -0.39 is 80.4 Å². The molecule has 0 bridgehead atoms. The van der Waals surface area contributed by atoms with Crippen molar-refractivity contribution in [1.29, 1.82) is 0 Å². The summed E-state index contributed by atoms with van der Waals surface area (Å²) < 4.78 is 124. The van der Waals surface area contributed by atoms with Crippen LogP contribution in [0.4, 0.5) is 39.5 Å². The average molecular weight is 374 g/mol. The number of aliphatic hydroxyl groups excluding tert-OH is 1. The molecule has 0 aromatic heterocycles. The smallest absolute Gasteiger partial charge is 0.275 e. The Balaban J connectivity index is 2.69. The molecule has 2 unspecified atom stereocenters. The number of fused-ring (bicyclic) bond motifs is 2. The SMILES string of the molecule is OC1=C(F)C(F)C(O)(F)c2c1c(F)c1c(F)c(F)c(F)c(F)c1c2F. The van der Waals surface area contributed by atoms with Crippen LogP contribution in [0.3, 0.4) is 0 Å². The van der Waals surface area contributed by atoms with Gasteiger partial charge in [0.05, 0.1) is 21.9 Å². The lowest BCUT2D eigenvalue weighted by Gasteiger charge is -2.30. The van der Waals surface area contributed by atoms with Crippen molar-refractivity contribution in [2.45, 2.75) is 12.0 Å². The third-order valence-electron chi connectivity index (χ3n) is 3.77. The van der Waals surface area contributed by atoms with Crippen LogP contribution in [-0.2, 0) is 5.85 Å². The summed E-state index contributed by atoms with van der Waals surface area (Å²) in [6.07, 6.45) is -3.75. The van der Waals surface area contributed by atoms with Gasteiger partial charge in [-0.05, 0) is 0 Å². The largest absolute Gasteiger partial charge is 0.504 e. The lowest BCUT2D eigenvalue weighted by Crippen LogP contribution is -2.38. The van der Waals surface area contributed by atoms with Gasteiger partial charge in [0.1, 0.15) is 11.6 Å². The van der Waals surface area contributed by atoms with E-state index in [0.717, 1.165) is 0 Å². The van der Waals surface area contributed by atoms with Crippen LogP contribution in [0.5, 0.6) is 0 Å². The molecular formula is C14H3F9O2. The molecule has 2 atom stereocenters. The van der Waals surface area contributed by atoms with Gasteiger partial charge in [-0.2, -0.15) is 0 Å². The highest BCUT2D eigenvalue weighted by atomic mass is 19.2. The number of alkyl halides is 2. The van der Waals surface area contributed by atoms with Crippen LogP contribution in [0.25, 0.3) is 16.5 Å². The van der Waals surface area contributed by atoms with Crippen LogP contribution in [0.2, 0.25) is 0 Å². The normalized spacial score (nSPS) is 23.4. The maximum atomic E-state index is 14.4. The summed E-state index contributed by atoms with van der Waals surface area (Å²) in [6.45, 7) is 0. The summed E-state index contributed by atoms with van der Waals surface area (Å²) in [5, 5.41) is 14.8. The molecular weight excluding hydrogens is 371 g/mol. The van der Waals surface area contributed by atoms with E-state index in [1.54, 1.807) is 0 Å². The Morgan fingerprint density at radius 3 is 1.64 bits per heavy atom. The number of rotatable bonds is 0. The number of hydrogen-bond donors (Lipinski definition) is 2. The van der Waals surface area contributed by atoms with Crippen molar-refractivity contribution in [3.63, 3.8) is 0 Å². The van der Waals surface area contributed by atoms with E-state index in [1.165, 1.54) is 0 Å². The molecule has 0 fully saturated rings. The van der Waals surface area contributed by atoms with Crippen molar-refractivity contribution in [3.05, 3.63) is 51.9 Å². The molecule has 134 valence electrons. The first-order valence-corrected chi connectivity index (χ1v) is 6.25. The number of aliphatic hydroxyl groups is 2. The highest BCUT2D eigenvalue weighted by Gasteiger charge is 2.53. The molecule has 0 saturated heterocycles. The third-order valence-corrected chi connectivity index (χ3v) is 3.77. The van der Waals surface area contributed by atoms with Gasteiger partial charge < -0.3 is 10.2 Å². The lowest BCUT2D eigenvalue weighted by atomic mass is 9.85. The van der Waals surface area contributed by atoms with Crippen molar-refractivity contribution in [2.24, 2.45) is 0 Å². The Kier molecular flexibility index (Phi) is 3.50. The van der Waals surface area contributed by atoms with Gasteiger partial charge in [-0.3, -0.25) is 0 Å². The van der Waals surface area contributed by atoms with Crippen LogP contribution < -0.4 is 0 Å². The molecule has 2 aromatic carbocycles. The Morgan fingerprint density at radius 1 is 0.720 bits per heavy atom. The minimum absolute atomic E-state index is 1.90. The number of hydrogen-bond acceptors (Lipinski definition) is 2. The molecule has 2 nitrogen and oxygen atoms in total. The first-order valence-electron chi connectivity index (χ1n) is 6.25. The van der Waals surface area contributed by atoms with Gasteiger partial charge in [-0.15, -0.1) is 0 Å². The molecule has 3 rings (SSSR count). The number of benzene rings is 2. The zero-order chi connectivity index (χ0) is 19.0. The molecule has 0 amide bonds. The maximum absolute atomic E-state index is 14.4. The van der Waals surface area contributed by atoms with Crippen molar-refractivity contribution in [3.8, 4) is 0 Å². The van der Waals surface area contributed by atoms with E-state index >= 15 is 0 Å². The summed E-state index contributed by atoms with van der Waals surface area (Å²) in [7, 11) is 0. The van der Waals surface area contributed by atoms with E-state index in [0.29, 0.717) is 0 Å². The third kappa shape index (κ3) is 1.92. The maximum Gasteiger partial charge on any atom is 0.275 e. The van der Waals surface area contributed by atoms with Crippen molar-refractivity contribution < 1.29 is 49.7 Å². The summed E-state index contributed by atoms with van der Waals surface area (Å²) in [5.41, 5.74) is -4.03. The second kappa shape index (κ2) is 5.04. The quantitative estimate of drug-likeness (QED) is 0.409. The van der Waals surface area contributed by atoms with E-state index in [9.17, 15) is 49.7 Å². The predicted octanol–water partition coefficient (Wildman–Crippen LogP) is 4.34. The highest BCUT2D eigenvalue weighted by molar-refractivity contribution is 5.91. The molecule has 0 aliphatic heterocycles. The van der Waals surface area contributed by atoms with Crippen molar-refractivity contribution in [2.75, 3.05) is 0 Å². The van der Waals surface area contributed by atoms with E-state index in [4.69, 9.17) is 0 Å². The topological polar surface area (TPSA) is 40.5 Å². The Hall–Kier alpha value is -2.43. The second-order valence-corrected chi connectivity index (χ2v) is 5.12. The lowest BCUT2D eigenvalue weighted by molar-refractivity contribution is -0.149. The molecule has 2 aromatic rings. The minimum Gasteiger partial charge on any atom is -0.504 e. The fraction of sp³-hybridized carbons (Fsp3) is 0.143. The molecule has 1 aliphatic rings. The van der Waals surface area contributed by atoms with Gasteiger partial charge in [-0.1, -0.05) is 0 Å². The number of halogens is 9. The second-order valence-electron chi connectivity index (χ2n) is 5.12. The first kappa shape index (κ1) is 17.4. The standard InChI is InChI=1S/C14H3F9O2/c15-5-1-2(8(18)10(20)9(19)7(1)17)6(16)4-3(5)12(24)11(21)13(22)14(4,23)25/h13,24-25H. The van der Waals surface area contributed by atoms with Crippen molar-refractivity contribution in [1.82, 2.24) is 0 Å². The van der Waals surface area contributed by atoms with E-state index in [1.807, 2.05) is 0 Å². The molecule has 0 radical (unpaired) electrons. The zero-order valence-electron chi connectivity index (χ0n) is 11.4. The van der Waals surface area contributed by atoms with E-state index in [-0.39, 0.29) is 0 Å². The highest BCUT2D eigenvalue weighted by Crippen LogP contribution is 2.49. The molecule has 2 N–H and O–H groups in total. The Labute approximate surface area is 131 Å². The first-order chi connectivity index (χ1) is 11.4. The fourth-order valence-electron chi connectivity index (χ4n) is 2.60. The zero-order valence-corrected chi connectivity index (χ0v) is 11.4. The predicted molar refractivity (Wildman–Crippen MR) is 64.3 cm³/mol. The molecule has 25 heavy (non-hydrogen) atoms. The van der Waals surface area contributed by atoms with Crippen molar-refractivity contribution >= 4 is 16.5 Å². The van der Waals surface area contributed by atoms with Gasteiger partial charge in [0.25, 0.3) is 5.85 Å². The van der Waals surface area contributed by atoms with Crippen LogP contribution in [0.15, 0.2) is 5.83 Å².